The smallest absolute Gasteiger partial charge is 0.196 e. The molecule has 2 aromatic carbocycles. The van der Waals surface area contributed by atoms with Crippen LogP contribution in [0.3, 0.4) is 0 Å². The topological polar surface area (TPSA) is 26.3 Å². The first-order valence-corrected chi connectivity index (χ1v) is 6.46. The maximum absolute atomic E-state index is 12.9. The van der Waals surface area contributed by atoms with Crippen molar-refractivity contribution in [2.24, 2.45) is 0 Å². The Morgan fingerprint density at radius 1 is 1.21 bits per heavy atom. The molecule has 0 aliphatic carbocycles. The van der Waals surface area contributed by atoms with Crippen molar-refractivity contribution in [3.8, 4) is 5.75 Å². The van der Waals surface area contributed by atoms with Crippen LogP contribution in [0.15, 0.2) is 40.9 Å². The van der Waals surface area contributed by atoms with Gasteiger partial charge in [-0.25, -0.2) is 4.39 Å². The molecule has 0 N–H and O–H groups in total. The van der Waals surface area contributed by atoms with Crippen LogP contribution >= 0.6 is 15.9 Å². The number of hydrogen-bond donors (Lipinski definition) is 0. The van der Waals surface area contributed by atoms with Crippen molar-refractivity contribution in [2.75, 3.05) is 7.11 Å². The minimum absolute atomic E-state index is 0.197. The van der Waals surface area contributed by atoms with E-state index in [1.54, 1.807) is 12.1 Å². The van der Waals surface area contributed by atoms with Gasteiger partial charge in [0.2, 0.25) is 0 Å². The second-order valence-corrected chi connectivity index (χ2v) is 4.99. The van der Waals surface area contributed by atoms with Gasteiger partial charge in [0.15, 0.2) is 5.78 Å². The van der Waals surface area contributed by atoms with Gasteiger partial charge in [-0.05, 0) is 48.9 Å². The number of benzene rings is 2. The van der Waals surface area contributed by atoms with Crippen LogP contribution in [0.5, 0.6) is 5.75 Å². The minimum Gasteiger partial charge on any atom is -0.496 e. The predicted molar refractivity (Wildman–Crippen MR) is 75.3 cm³/mol. The molecule has 2 nitrogen and oxygen atoms in total. The number of hydrogen-bond acceptors (Lipinski definition) is 2. The van der Waals surface area contributed by atoms with E-state index in [9.17, 15) is 9.18 Å². The van der Waals surface area contributed by atoms with Crippen molar-refractivity contribution in [1.29, 1.82) is 0 Å². The molecule has 2 aromatic rings. The SMILES string of the molecule is COc1cc(C)c(Br)cc1C(=O)c1ccc(F)cc1. The first-order chi connectivity index (χ1) is 9.02. The molecule has 0 radical (unpaired) electrons. The number of rotatable bonds is 3. The van der Waals surface area contributed by atoms with Crippen LogP contribution in [0.4, 0.5) is 4.39 Å². The quantitative estimate of drug-likeness (QED) is 0.794. The van der Waals surface area contributed by atoms with Crippen molar-refractivity contribution in [3.05, 3.63) is 63.4 Å². The first kappa shape index (κ1) is 13.7. The second kappa shape index (κ2) is 5.53. The van der Waals surface area contributed by atoms with Crippen LogP contribution < -0.4 is 4.74 Å². The van der Waals surface area contributed by atoms with E-state index < -0.39 is 0 Å². The summed E-state index contributed by atoms with van der Waals surface area (Å²) in [6.07, 6.45) is 0. The van der Waals surface area contributed by atoms with Gasteiger partial charge in [0, 0.05) is 10.0 Å². The van der Waals surface area contributed by atoms with E-state index in [1.807, 2.05) is 6.92 Å². The molecule has 0 aliphatic rings. The first-order valence-electron chi connectivity index (χ1n) is 5.67. The summed E-state index contributed by atoms with van der Waals surface area (Å²) in [6, 6.07) is 8.97. The summed E-state index contributed by atoms with van der Waals surface area (Å²) < 4.78 is 18.9. The van der Waals surface area contributed by atoms with Crippen molar-refractivity contribution < 1.29 is 13.9 Å². The number of halogens is 2. The van der Waals surface area contributed by atoms with Crippen molar-refractivity contribution in [1.82, 2.24) is 0 Å². The molecule has 2 rings (SSSR count). The van der Waals surface area contributed by atoms with E-state index >= 15 is 0 Å². The third kappa shape index (κ3) is 2.84. The summed E-state index contributed by atoms with van der Waals surface area (Å²) in [5.74, 6) is -0.0545. The Kier molecular flexibility index (Phi) is 4.00. The molecule has 0 saturated heterocycles. The lowest BCUT2D eigenvalue weighted by Crippen LogP contribution is -2.04. The molecule has 0 spiro atoms. The lowest BCUT2D eigenvalue weighted by atomic mass is 10.0. The molecule has 0 unspecified atom stereocenters. The number of aryl methyl sites for hydroxylation is 1. The summed E-state index contributed by atoms with van der Waals surface area (Å²) in [4.78, 5) is 12.4. The Labute approximate surface area is 119 Å². The fourth-order valence-electron chi connectivity index (χ4n) is 1.76. The highest BCUT2D eigenvalue weighted by molar-refractivity contribution is 9.10. The van der Waals surface area contributed by atoms with E-state index in [0.29, 0.717) is 16.9 Å². The molecular formula is C15H12BrFO2. The van der Waals surface area contributed by atoms with Gasteiger partial charge in [0.25, 0.3) is 0 Å². The van der Waals surface area contributed by atoms with Crippen molar-refractivity contribution >= 4 is 21.7 Å². The Morgan fingerprint density at radius 3 is 2.42 bits per heavy atom. The number of ether oxygens (including phenoxy) is 1. The summed E-state index contributed by atoms with van der Waals surface area (Å²) in [6.45, 7) is 1.92. The molecule has 19 heavy (non-hydrogen) atoms. The highest BCUT2D eigenvalue weighted by Crippen LogP contribution is 2.28. The predicted octanol–water partition coefficient (Wildman–Crippen LogP) is 4.14. The average molecular weight is 323 g/mol. The molecule has 0 aromatic heterocycles. The Morgan fingerprint density at radius 2 is 1.84 bits per heavy atom. The summed E-state index contributed by atoms with van der Waals surface area (Å²) >= 11 is 3.39. The van der Waals surface area contributed by atoms with Crippen molar-refractivity contribution in [3.63, 3.8) is 0 Å². The zero-order chi connectivity index (χ0) is 14.0. The van der Waals surface area contributed by atoms with Gasteiger partial charge in [0.05, 0.1) is 12.7 Å². The maximum Gasteiger partial charge on any atom is 0.196 e. The lowest BCUT2D eigenvalue weighted by molar-refractivity contribution is 0.103. The molecule has 0 heterocycles. The van der Waals surface area contributed by atoms with E-state index in [1.165, 1.54) is 31.4 Å². The van der Waals surface area contributed by atoms with Gasteiger partial charge >= 0.3 is 0 Å². The second-order valence-electron chi connectivity index (χ2n) is 4.14. The van der Waals surface area contributed by atoms with Crippen LogP contribution in [-0.2, 0) is 0 Å². The minimum atomic E-state index is -0.367. The van der Waals surface area contributed by atoms with Gasteiger partial charge in [-0.2, -0.15) is 0 Å². The molecule has 0 saturated carbocycles. The normalized spacial score (nSPS) is 10.3. The summed E-state index contributed by atoms with van der Waals surface area (Å²) in [7, 11) is 1.52. The number of ketones is 1. The van der Waals surface area contributed by atoms with Gasteiger partial charge in [-0.1, -0.05) is 15.9 Å². The monoisotopic (exact) mass is 322 g/mol. The van der Waals surface area contributed by atoms with Gasteiger partial charge < -0.3 is 4.74 Å². The molecule has 0 bridgehead atoms. The number of carbonyl (C=O) groups is 1. The van der Waals surface area contributed by atoms with Crippen LogP contribution in [0.2, 0.25) is 0 Å². The molecular weight excluding hydrogens is 311 g/mol. The van der Waals surface area contributed by atoms with Crippen LogP contribution in [-0.4, -0.2) is 12.9 Å². The summed E-state index contributed by atoms with van der Waals surface area (Å²) in [5.41, 5.74) is 1.86. The third-order valence-electron chi connectivity index (χ3n) is 2.83. The number of carbonyl (C=O) groups excluding carboxylic acids is 1. The molecule has 0 fully saturated rings. The molecule has 0 atom stereocenters. The average Bonchev–Trinajstić information content (AvgIpc) is 2.41. The maximum atomic E-state index is 12.9. The highest BCUT2D eigenvalue weighted by atomic mass is 79.9. The van der Waals surface area contributed by atoms with E-state index in [0.717, 1.165) is 10.0 Å². The van der Waals surface area contributed by atoms with Gasteiger partial charge in [-0.15, -0.1) is 0 Å². The lowest BCUT2D eigenvalue weighted by Gasteiger charge is -2.10. The fraction of sp³-hybridized carbons (Fsp3) is 0.133. The zero-order valence-corrected chi connectivity index (χ0v) is 12.1. The van der Waals surface area contributed by atoms with Gasteiger partial charge in [-0.3, -0.25) is 4.79 Å². The molecule has 4 heteroatoms. The van der Waals surface area contributed by atoms with Gasteiger partial charge in [0.1, 0.15) is 11.6 Å². The standard InChI is InChI=1S/C15H12BrFO2/c1-9-7-14(19-2)12(8-13(9)16)15(18)10-3-5-11(17)6-4-10/h3-8H,1-2H3. The molecule has 0 amide bonds. The van der Waals surface area contributed by atoms with E-state index in [2.05, 4.69) is 15.9 Å². The van der Waals surface area contributed by atoms with Crippen molar-refractivity contribution in [2.45, 2.75) is 6.92 Å². The zero-order valence-electron chi connectivity index (χ0n) is 10.5. The molecule has 0 aliphatic heterocycles. The third-order valence-corrected chi connectivity index (χ3v) is 3.69. The van der Waals surface area contributed by atoms with Crippen LogP contribution in [0.25, 0.3) is 0 Å². The van der Waals surface area contributed by atoms with E-state index in [-0.39, 0.29) is 11.6 Å². The Bertz CT molecular complexity index is 621. The molecule has 98 valence electrons. The van der Waals surface area contributed by atoms with E-state index in [4.69, 9.17) is 4.74 Å². The van der Waals surface area contributed by atoms with Crippen LogP contribution in [0, 0.1) is 12.7 Å². The van der Waals surface area contributed by atoms with Crippen LogP contribution in [0.1, 0.15) is 21.5 Å². The Balaban J connectivity index is 2.49. The fourth-order valence-corrected chi connectivity index (χ4v) is 2.10. The number of methoxy groups -OCH3 is 1. The summed E-state index contributed by atoms with van der Waals surface area (Å²) in [5, 5.41) is 0. The Hall–Kier alpha value is -1.68. The largest absolute Gasteiger partial charge is 0.496 e. The highest BCUT2D eigenvalue weighted by Gasteiger charge is 2.16.